The molecular formula is C23H29N3O4. The van der Waals surface area contributed by atoms with Crippen LogP contribution in [0.2, 0.25) is 0 Å². The first-order valence-corrected chi connectivity index (χ1v) is 10.3. The number of aliphatic hydroxyl groups excluding tert-OH is 1. The molecule has 0 bridgehead atoms. The Hall–Kier alpha value is -2.45. The van der Waals surface area contributed by atoms with Crippen molar-refractivity contribution in [2.75, 3.05) is 38.9 Å². The van der Waals surface area contributed by atoms with Crippen LogP contribution in [0.1, 0.15) is 34.7 Å². The molecule has 30 heavy (non-hydrogen) atoms. The van der Waals surface area contributed by atoms with Crippen LogP contribution >= 0.6 is 0 Å². The second-order valence-corrected chi connectivity index (χ2v) is 7.54. The van der Waals surface area contributed by atoms with E-state index in [-0.39, 0.29) is 6.04 Å². The third-order valence-electron chi connectivity index (χ3n) is 5.68. The summed E-state index contributed by atoms with van der Waals surface area (Å²) in [5.41, 5.74) is 5.74. The topological polar surface area (TPSA) is 77.2 Å². The zero-order chi connectivity index (χ0) is 21.1. The molecule has 0 saturated carbocycles. The third-order valence-corrected chi connectivity index (χ3v) is 5.68. The zero-order valence-corrected chi connectivity index (χ0v) is 17.7. The van der Waals surface area contributed by atoms with Gasteiger partial charge >= 0.3 is 0 Å². The molecule has 160 valence electrons. The van der Waals surface area contributed by atoms with Crippen molar-refractivity contribution in [1.82, 2.24) is 9.38 Å². The fourth-order valence-electron chi connectivity index (χ4n) is 3.95. The van der Waals surface area contributed by atoms with E-state index >= 15 is 0 Å². The van der Waals surface area contributed by atoms with Gasteiger partial charge in [0.1, 0.15) is 12.2 Å². The van der Waals surface area contributed by atoms with Crippen molar-refractivity contribution >= 4 is 11.3 Å². The summed E-state index contributed by atoms with van der Waals surface area (Å²) in [6, 6.07) is 11.6. The summed E-state index contributed by atoms with van der Waals surface area (Å²) in [6.45, 7) is 5.95. The lowest BCUT2D eigenvalue weighted by Gasteiger charge is -2.38. The van der Waals surface area contributed by atoms with E-state index < -0.39 is 12.2 Å². The van der Waals surface area contributed by atoms with Crippen molar-refractivity contribution in [2.45, 2.75) is 32.1 Å². The number of aryl methyl sites for hydroxylation is 2. The highest BCUT2D eigenvalue weighted by Gasteiger charge is 2.38. The lowest BCUT2D eigenvalue weighted by molar-refractivity contribution is -0.0696. The van der Waals surface area contributed by atoms with E-state index in [1.165, 1.54) is 0 Å². The Bertz CT molecular complexity index is 989. The van der Waals surface area contributed by atoms with Gasteiger partial charge in [-0.05, 0) is 25.5 Å². The molecule has 3 atom stereocenters. The molecular weight excluding hydrogens is 382 g/mol. The highest BCUT2D eigenvalue weighted by Crippen LogP contribution is 2.43. The van der Waals surface area contributed by atoms with Crippen molar-refractivity contribution < 1.29 is 19.3 Å². The van der Waals surface area contributed by atoms with Crippen molar-refractivity contribution in [3.63, 3.8) is 0 Å². The summed E-state index contributed by atoms with van der Waals surface area (Å²) in [5, 5.41) is 14.8. The number of imidazole rings is 1. The summed E-state index contributed by atoms with van der Waals surface area (Å²) in [6.07, 6.45) is 0.755. The number of benzene rings is 1. The Morgan fingerprint density at radius 3 is 2.60 bits per heavy atom. The van der Waals surface area contributed by atoms with Crippen LogP contribution in [0.25, 0.3) is 5.65 Å². The fraction of sp³-hybridized carbons (Fsp3) is 0.435. The van der Waals surface area contributed by atoms with E-state index in [1.54, 1.807) is 7.11 Å². The second-order valence-electron chi connectivity index (χ2n) is 7.54. The summed E-state index contributed by atoms with van der Waals surface area (Å²) in [7, 11) is 1.64. The van der Waals surface area contributed by atoms with Crippen molar-refractivity contribution in [2.24, 2.45) is 0 Å². The standard InChI is InChI=1S/C23H29N3O4/c1-15-16(2)26-10-9-18-20(23(26)24-15)25-19(17-7-5-4-6-8-17)21(27)22(18)30-14-13-29-12-11-28-3/h4-10,19,21-22,25,27H,11-14H2,1-3H3/t19-,21-,22+/m1/s1. The summed E-state index contributed by atoms with van der Waals surface area (Å²) >= 11 is 0. The smallest absolute Gasteiger partial charge is 0.161 e. The van der Waals surface area contributed by atoms with Gasteiger partial charge in [0.15, 0.2) is 5.65 Å². The average Bonchev–Trinajstić information content (AvgIpc) is 3.06. The molecule has 0 aliphatic carbocycles. The van der Waals surface area contributed by atoms with Crippen LogP contribution in [0.4, 0.5) is 5.69 Å². The molecule has 0 unspecified atom stereocenters. The van der Waals surface area contributed by atoms with Crippen LogP contribution in [-0.4, -0.2) is 54.1 Å². The number of nitrogens with zero attached hydrogens (tertiary/aromatic N) is 2. The Kier molecular flexibility index (Phi) is 6.34. The van der Waals surface area contributed by atoms with Gasteiger partial charge in [-0.2, -0.15) is 0 Å². The van der Waals surface area contributed by atoms with E-state index in [2.05, 4.69) is 16.6 Å². The SMILES string of the molecule is COCCOCCO[C@H]1c2ccn3c(C)c(C)nc3c2N[C@H](c2ccccc2)[C@H]1O. The zero-order valence-electron chi connectivity index (χ0n) is 17.7. The first-order chi connectivity index (χ1) is 14.6. The number of hydrogen-bond acceptors (Lipinski definition) is 6. The van der Waals surface area contributed by atoms with Crippen LogP contribution in [0.5, 0.6) is 0 Å². The molecule has 4 rings (SSSR count). The second kappa shape index (κ2) is 9.14. The minimum absolute atomic E-state index is 0.304. The monoisotopic (exact) mass is 411 g/mol. The molecule has 7 nitrogen and oxygen atoms in total. The Labute approximate surface area is 176 Å². The molecule has 3 heterocycles. The molecule has 0 saturated heterocycles. The minimum atomic E-state index is -0.751. The molecule has 0 amide bonds. The number of methoxy groups -OCH3 is 1. The average molecular weight is 412 g/mol. The van der Waals surface area contributed by atoms with E-state index in [1.807, 2.05) is 49.5 Å². The van der Waals surface area contributed by atoms with Gasteiger partial charge in [-0.1, -0.05) is 30.3 Å². The van der Waals surface area contributed by atoms with E-state index in [0.29, 0.717) is 26.4 Å². The number of pyridine rings is 1. The van der Waals surface area contributed by atoms with Crippen molar-refractivity contribution in [1.29, 1.82) is 0 Å². The van der Waals surface area contributed by atoms with Gasteiger partial charge in [0, 0.05) is 24.6 Å². The van der Waals surface area contributed by atoms with E-state index in [0.717, 1.165) is 33.8 Å². The normalized spacial score (nSPS) is 20.9. The maximum atomic E-state index is 11.2. The molecule has 1 aliphatic heterocycles. The summed E-state index contributed by atoms with van der Waals surface area (Å²) in [4.78, 5) is 4.77. The van der Waals surface area contributed by atoms with Crippen molar-refractivity contribution in [3.05, 3.63) is 65.1 Å². The number of aliphatic hydroxyl groups is 1. The minimum Gasteiger partial charge on any atom is -0.388 e. The highest BCUT2D eigenvalue weighted by molar-refractivity contribution is 5.75. The quantitative estimate of drug-likeness (QED) is 0.555. The van der Waals surface area contributed by atoms with Gasteiger partial charge in [-0.25, -0.2) is 4.98 Å². The molecule has 0 spiro atoms. The Morgan fingerprint density at radius 1 is 1.07 bits per heavy atom. The molecule has 0 fully saturated rings. The third kappa shape index (κ3) is 3.94. The summed E-state index contributed by atoms with van der Waals surface area (Å²) < 4.78 is 18.7. The molecule has 3 aromatic rings. The Morgan fingerprint density at radius 2 is 1.83 bits per heavy atom. The molecule has 2 N–H and O–H groups in total. The van der Waals surface area contributed by atoms with Gasteiger partial charge in [-0.3, -0.25) is 0 Å². The first-order valence-electron chi connectivity index (χ1n) is 10.3. The molecule has 1 aliphatic rings. The number of anilines is 1. The number of hydrogen-bond donors (Lipinski definition) is 2. The molecule has 0 radical (unpaired) electrons. The largest absolute Gasteiger partial charge is 0.388 e. The summed E-state index contributed by atoms with van der Waals surface area (Å²) in [5.74, 6) is 0. The predicted octanol–water partition coefficient (Wildman–Crippen LogP) is 3.20. The molecule has 1 aromatic carbocycles. The van der Waals surface area contributed by atoms with Crippen LogP contribution in [0.3, 0.4) is 0 Å². The van der Waals surface area contributed by atoms with Crippen LogP contribution in [0, 0.1) is 13.8 Å². The number of fused-ring (bicyclic) bond motifs is 3. The maximum absolute atomic E-state index is 11.2. The van der Waals surface area contributed by atoms with Crippen LogP contribution in [-0.2, 0) is 14.2 Å². The number of ether oxygens (including phenoxy) is 3. The lowest BCUT2D eigenvalue weighted by atomic mass is 9.89. The Balaban J connectivity index is 1.66. The van der Waals surface area contributed by atoms with Crippen molar-refractivity contribution in [3.8, 4) is 0 Å². The van der Waals surface area contributed by atoms with E-state index in [4.69, 9.17) is 19.2 Å². The van der Waals surface area contributed by atoms with Gasteiger partial charge in [0.25, 0.3) is 0 Å². The van der Waals surface area contributed by atoms with Gasteiger partial charge in [0.05, 0.1) is 43.9 Å². The van der Waals surface area contributed by atoms with Crippen LogP contribution in [0.15, 0.2) is 42.6 Å². The van der Waals surface area contributed by atoms with E-state index in [9.17, 15) is 5.11 Å². The lowest BCUT2D eigenvalue weighted by Crippen LogP contribution is -2.38. The number of nitrogens with one attached hydrogen (secondary N) is 1. The number of aromatic nitrogens is 2. The maximum Gasteiger partial charge on any atom is 0.161 e. The van der Waals surface area contributed by atoms with Gasteiger partial charge in [-0.15, -0.1) is 0 Å². The number of rotatable bonds is 8. The molecule has 2 aromatic heterocycles. The van der Waals surface area contributed by atoms with Crippen LogP contribution < -0.4 is 5.32 Å². The van der Waals surface area contributed by atoms with Gasteiger partial charge in [0.2, 0.25) is 0 Å². The first kappa shape index (κ1) is 20.8. The highest BCUT2D eigenvalue weighted by atomic mass is 16.5. The van der Waals surface area contributed by atoms with Gasteiger partial charge < -0.3 is 29.0 Å². The predicted molar refractivity (Wildman–Crippen MR) is 115 cm³/mol. The fourth-order valence-corrected chi connectivity index (χ4v) is 3.95. The molecule has 7 heteroatoms.